The van der Waals surface area contributed by atoms with E-state index in [1.807, 2.05) is 31.2 Å². The molecule has 5 heteroatoms. The van der Waals surface area contributed by atoms with Crippen LogP contribution in [0.1, 0.15) is 16.8 Å². The van der Waals surface area contributed by atoms with Crippen molar-refractivity contribution in [1.29, 1.82) is 0 Å². The Hall–Kier alpha value is -1.94. The second-order valence-corrected chi connectivity index (χ2v) is 4.76. The highest BCUT2D eigenvalue weighted by molar-refractivity contribution is 6.29. The number of amides is 1. The van der Waals surface area contributed by atoms with Crippen LogP contribution in [-0.2, 0) is 11.2 Å². The molecule has 1 amide bonds. The second kappa shape index (κ2) is 5.80. The topological polar surface area (TPSA) is 54.9 Å². The Morgan fingerprint density at radius 2 is 2.05 bits per heavy atom. The number of nitrogens with one attached hydrogen (secondary N) is 1. The molecule has 0 bridgehead atoms. The lowest BCUT2D eigenvalue weighted by Gasteiger charge is -2.05. The van der Waals surface area contributed by atoms with Crippen LogP contribution < -0.4 is 5.32 Å². The van der Waals surface area contributed by atoms with Crippen molar-refractivity contribution in [3.05, 3.63) is 52.3 Å². The molecule has 98 valence electrons. The van der Waals surface area contributed by atoms with Crippen LogP contribution in [0.3, 0.4) is 0 Å². The van der Waals surface area contributed by atoms with E-state index in [4.69, 9.17) is 11.6 Å². The van der Waals surface area contributed by atoms with Crippen molar-refractivity contribution in [2.24, 2.45) is 0 Å². The number of aryl methyl sites for hydroxylation is 2. The van der Waals surface area contributed by atoms with Gasteiger partial charge in [-0.25, -0.2) is 9.97 Å². The molecule has 4 nitrogen and oxygen atoms in total. The number of benzene rings is 1. The van der Waals surface area contributed by atoms with Gasteiger partial charge in [0.05, 0.1) is 6.42 Å². The fourth-order valence-electron chi connectivity index (χ4n) is 1.76. The van der Waals surface area contributed by atoms with Gasteiger partial charge in [0.2, 0.25) is 11.9 Å². The van der Waals surface area contributed by atoms with Crippen molar-refractivity contribution in [2.45, 2.75) is 20.3 Å². The summed E-state index contributed by atoms with van der Waals surface area (Å²) in [6.07, 6.45) is 0.288. The number of nitrogens with zero attached hydrogens (tertiary/aromatic N) is 2. The van der Waals surface area contributed by atoms with Crippen LogP contribution in [0.5, 0.6) is 0 Å². The lowest BCUT2D eigenvalue weighted by atomic mass is 10.1. The van der Waals surface area contributed by atoms with E-state index in [9.17, 15) is 4.79 Å². The molecule has 0 fully saturated rings. The van der Waals surface area contributed by atoms with Crippen molar-refractivity contribution in [3.8, 4) is 0 Å². The van der Waals surface area contributed by atoms with Gasteiger partial charge in [-0.2, -0.15) is 0 Å². The molecule has 2 rings (SSSR count). The SMILES string of the molecule is Cc1cccc(CC(=O)Nc2nc(C)cc(Cl)n2)c1. The largest absolute Gasteiger partial charge is 0.294 e. The summed E-state index contributed by atoms with van der Waals surface area (Å²) >= 11 is 5.81. The van der Waals surface area contributed by atoms with E-state index in [-0.39, 0.29) is 18.3 Å². The molecule has 1 aromatic carbocycles. The van der Waals surface area contributed by atoms with Crippen LogP contribution in [0.2, 0.25) is 5.15 Å². The highest BCUT2D eigenvalue weighted by Crippen LogP contribution is 2.10. The number of anilines is 1. The molecule has 0 aliphatic carbocycles. The number of hydrogen-bond acceptors (Lipinski definition) is 3. The average molecular weight is 276 g/mol. The molecule has 0 spiro atoms. The summed E-state index contributed by atoms with van der Waals surface area (Å²) in [4.78, 5) is 19.9. The van der Waals surface area contributed by atoms with E-state index in [1.165, 1.54) is 0 Å². The maximum atomic E-state index is 11.9. The third-order valence-corrected chi connectivity index (χ3v) is 2.71. The fourth-order valence-corrected chi connectivity index (χ4v) is 2.00. The third kappa shape index (κ3) is 4.03. The number of carbonyl (C=O) groups excluding carboxylic acids is 1. The van der Waals surface area contributed by atoms with Gasteiger partial charge in [0.15, 0.2) is 0 Å². The summed E-state index contributed by atoms with van der Waals surface area (Å²) in [5.41, 5.74) is 2.79. The molecule has 19 heavy (non-hydrogen) atoms. The minimum atomic E-state index is -0.160. The van der Waals surface area contributed by atoms with Crippen LogP contribution in [0, 0.1) is 13.8 Å². The van der Waals surface area contributed by atoms with Gasteiger partial charge in [-0.3, -0.25) is 10.1 Å². The Labute approximate surface area is 116 Å². The lowest BCUT2D eigenvalue weighted by molar-refractivity contribution is -0.115. The van der Waals surface area contributed by atoms with E-state index in [0.717, 1.165) is 11.1 Å². The smallest absolute Gasteiger partial charge is 0.231 e. The van der Waals surface area contributed by atoms with Crippen LogP contribution in [0.15, 0.2) is 30.3 Å². The van der Waals surface area contributed by atoms with Crippen molar-refractivity contribution in [3.63, 3.8) is 0 Å². The Morgan fingerprint density at radius 3 is 2.74 bits per heavy atom. The molecule has 0 atom stereocenters. The predicted molar refractivity (Wildman–Crippen MR) is 75.3 cm³/mol. The molecule has 0 unspecified atom stereocenters. The maximum Gasteiger partial charge on any atom is 0.231 e. The molecule has 1 N–H and O–H groups in total. The van der Waals surface area contributed by atoms with Gasteiger partial charge in [0, 0.05) is 5.69 Å². The highest BCUT2D eigenvalue weighted by Gasteiger charge is 2.07. The Balaban J connectivity index is 2.05. The van der Waals surface area contributed by atoms with Gasteiger partial charge in [-0.05, 0) is 25.5 Å². The molecule has 1 heterocycles. The maximum absolute atomic E-state index is 11.9. The molecule has 1 aromatic heterocycles. The first kappa shape index (κ1) is 13.5. The zero-order valence-electron chi connectivity index (χ0n) is 10.8. The Kier molecular flexibility index (Phi) is 4.12. The predicted octanol–water partition coefficient (Wildman–Crippen LogP) is 2.93. The number of hydrogen-bond donors (Lipinski definition) is 1. The van der Waals surface area contributed by atoms with Crippen molar-refractivity contribution < 1.29 is 4.79 Å². The number of halogens is 1. The molecule has 0 radical (unpaired) electrons. The van der Waals surface area contributed by atoms with Crippen LogP contribution in [0.25, 0.3) is 0 Å². The monoisotopic (exact) mass is 275 g/mol. The van der Waals surface area contributed by atoms with Crippen molar-refractivity contribution in [2.75, 3.05) is 5.32 Å². The van der Waals surface area contributed by atoms with Gasteiger partial charge < -0.3 is 0 Å². The summed E-state index contributed by atoms with van der Waals surface area (Å²) in [6.45, 7) is 3.79. The Bertz CT molecular complexity index is 593. The minimum Gasteiger partial charge on any atom is -0.294 e. The number of carbonyl (C=O) groups is 1. The summed E-state index contributed by atoms with van der Waals surface area (Å²) in [6, 6.07) is 9.45. The molecular weight excluding hydrogens is 262 g/mol. The molecule has 0 saturated heterocycles. The first-order valence-electron chi connectivity index (χ1n) is 5.89. The molecule has 0 saturated carbocycles. The van der Waals surface area contributed by atoms with Crippen molar-refractivity contribution >= 4 is 23.5 Å². The van der Waals surface area contributed by atoms with Gasteiger partial charge >= 0.3 is 0 Å². The summed E-state index contributed by atoms with van der Waals surface area (Å²) in [7, 11) is 0. The van der Waals surface area contributed by atoms with E-state index >= 15 is 0 Å². The van der Waals surface area contributed by atoms with Crippen LogP contribution in [-0.4, -0.2) is 15.9 Å². The minimum absolute atomic E-state index is 0.160. The van der Waals surface area contributed by atoms with Crippen LogP contribution >= 0.6 is 11.6 Å². The third-order valence-electron chi connectivity index (χ3n) is 2.52. The van der Waals surface area contributed by atoms with E-state index in [2.05, 4.69) is 15.3 Å². The summed E-state index contributed by atoms with van der Waals surface area (Å²) in [5, 5.41) is 2.96. The molecule has 0 aliphatic rings. The Morgan fingerprint density at radius 1 is 1.26 bits per heavy atom. The van der Waals surface area contributed by atoms with Gasteiger partial charge in [-0.15, -0.1) is 0 Å². The summed E-state index contributed by atoms with van der Waals surface area (Å²) in [5.74, 6) is 0.0786. The zero-order valence-corrected chi connectivity index (χ0v) is 11.5. The van der Waals surface area contributed by atoms with E-state index in [1.54, 1.807) is 13.0 Å². The number of aromatic nitrogens is 2. The van der Waals surface area contributed by atoms with Gasteiger partial charge in [0.1, 0.15) is 5.15 Å². The number of rotatable bonds is 3. The molecule has 0 aliphatic heterocycles. The summed E-state index contributed by atoms with van der Waals surface area (Å²) < 4.78 is 0. The van der Waals surface area contributed by atoms with E-state index < -0.39 is 0 Å². The lowest BCUT2D eigenvalue weighted by Crippen LogP contribution is -2.16. The zero-order chi connectivity index (χ0) is 13.8. The first-order chi connectivity index (χ1) is 9.02. The second-order valence-electron chi connectivity index (χ2n) is 4.37. The molecular formula is C14H14ClN3O. The van der Waals surface area contributed by atoms with Gasteiger partial charge in [-0.1, -0.05) is 41.4 Å². The van der Waals surface area contributed by atoms with Crippen LogP contribution in [0.4, 0.5) is 5.95 Å². The van der Waals surface area contributed by atoms with Crippen molar-refractivity contribution in [1.82, 2.24) is 9.97 Å². The standard InChI is InChI=1S/C14H14ClN3O/c1-9-4-3-5-11(6-9)8-13(19)18-14-16-10(2)7-12(15)17-14/h3-7H,8H2,1-2H3,(H,16,17,18,19). The highest BCUT2D eigenvalue weighted by atomic mass is 35.5. The average Bonchev–Trinajstić information content (AvgIpc) is 2.26. The quantitative estimate of drug-likeness (QED) is 0.876. The van der Waals surface area contributed by atoms with E-state index in [0.29, 0.717) is 10.8 Å². The normalized spacial score (nSPS) is 10.3. The van der Waals surface area contributed by atoms with Gasteiger partial charge in [0.25, 0.3) is 0 Å². The molecule has 2 aromatic rings. The first-order valence-corrected chi connectivity index (χ1v) is 6.27. The fraction of sp³-hybridized carbons (Fsp3) is 0.214.